The van der Waals surface area contributed by atoms with E-state index in [9.17, 15) is 4.79 Å². The van der Waals surface area contributed by atoms with Crippen LogP contribution in [0.1, 0.15) is 30.5 Å². The Kier molecular flexibility index (Phi) is 8.20. The number of nitrogens with zero attached hydrogens (tertiary/aromatic N) is 2. The van der Waals surface area contributed by atoms with Crippen LogP contribution in [0.4, 0.5) is 0 Å². The Morgan fingerprint density at radius 3 is 2.48 bits per heavy atom. The van der Waals surface area contributed by atoms with Gasteiger partial charge in [-0.3, -0.25) is 4.79 Å². The smallest absolute Gasteiger partial charge is 0.253 e. The number of nitrogens with one attached hydrogen (secondary N) is 2. The molecule has 0 saturated carbocycles. The SMILES string of the molecule is CCN(CC)CCN(Cc1cc2ccc(C)cc2[nH]c1=O)C(=S)NCc1ccccc1. The molecule has 6 heteroatoms. The van der Waals surface area contributed by atoms with Crippen molar-refractivity contribution in [2.45, 2.75) is 33.9 Å². The molecule has 3 aromatic rings. The first-order valence-corrected chi connectivity index (χ1v) is 11.3. The lowest BCUT2D eigenvalue weighted by molar-refractivity contribution is 0.263. The second-order valence-corrected chi connectivity index (χ2v) is 8.19. The van der Waals surface area contributed by atoms with Crippen LogP contribution in [0.2, 0.25) is 0 Å². The van der Waals surface area contributed by atoms with E-state index >= 15 is 0 Å². The Labute approximate surface area is 190 Å². The van der Waals surface area contributed by atoms with Crippen LogP contribution >= 0.6 is 12.2 Å². The summed E-state index contributed by atoms with van der Waals surface area (Å²) in [6, 6.07) is 18.3. The maximum absolute atomic E-state index is 12.8. The normalized spacial score (nSPS) is 11.1. The Balaban J connectivity index is 1.79. The fourth-order valence-corrected chi connectivity index (χ4v) is 3.85. The zero-order valence-corrected chi connectivity index (χ0v) is 19.5. The van der Waals surface area contributed by atoms with Crippen molar-refractivity contribution in [3.05, 3.63) is 81.6 Å². The number of aromatic amines is 1. The van der Waals surface area contributed by atoms with Gasteiger partial charge in [-0.25, -0.2) is 0 Å². The van der Waals surface area contributed by atoms with Crippen LogP contribution in [0.25, 0.3) is 10.9 Å². The molecule has 0 unspecified atom stereocenters. The third-order valence-corrected chi connectivity index (χ3v) is 6.00. The van der Waals surface area contributed by atoms with Crippen molar-refractivity contribution in [1.29, 1.82) is 0 Å². The van der Waals surface area contributed by atoms with Gasteiger partial charge in [-0.2, -0.15) is 0 Å². The van der Waals surface area contributed by atoms with Crippen LogP contribution in [0.3, 0.4) is 0 Å². The standard InChI is InChI=1S/C25H32N4OS/c1-4-28(5-2)13-14-29(25(31)26-17-20-9-7-6-8-10-20)18-22-16-21-12-11-19(3)15-23(21)27-24(22)30/h6-12,15-16H,4-5,13-14,17-18H2,1-3H3,(H,26,31)(H,27,30). The molecule has 31 heavy (non-hydrogen) atoms. The molecule has 0 bridgehead atoms. The van der Waals surface area contributed by atoms with E-state index in [0.29, 0.717) is 18.2 Å². The van der Waals surface area contributed by atoms with E-state index in [2.05, 4.69) is 58.2 Å². The first kappa shape index (κ1) is 23.0. The highest BCUT2D eigenvalue weighted by atomic mass is 32.1. The molecule has 164 valence electrons. The van der Waals surface area contributed by atoms with Crippen molar-refractivity contribution in [2.75, 3.05) is 26.2 Å². The zero-order valence-electron chi connectivity index (χ0n) is 18.6. The molecule has 2 N–H and O–H groups in total. The number of thiocarbonyl (C=S) groups is 1. The lowest BCUT2D eigenvalue weighted by Gasteiger charge is -2.29. The largest absolute Gasteiger partial charge is 0.358 e. The summed E-state index contributed by atoms with van der Waals surface area (Å²) in [4.78, 5) is 20.3. The van der Waals surface area contributed by atoms with Crippen molar-refractivity contribution in [3.8, 4) is 0 Å². The highest BCUT2D eigenvalue weighted by Crippen LogP contribution is 2.14. The number of aryl methyl sites for hydroxylation is 1. The molecule has 2 aromatic carbocycles. The monoisotopic (exact) mass is 436 g/mol. The summed E-state index contributed by atoms with van der Waals surface area (Å²) in [5, 5.41) is 5.07. The van der Waals surface area contributed by atoms with Crippen LogP contribution in [0.15, 0.2) is 59.4 Å². The van der Waals surface area contributed by atoms with Crippen LogP contribution in [-0.2, 0) is 13.1 Å². The topological polar surface area (TPSA) is 51.4 Å². The summed E-state index contributed by atoms with van der Waals surface area (Å²) in [6.07, 6.45) is 0. The van der Waals surface area contributed by atoms with E-state index in [0.717, 1.165) is 48.2 Å². The quantitative estimate of drug-likeness (QED) is 0.496. The van der Waals surface area contributed by atoms with Crippen molar-refractivity contribution in [1.82, 2.24) is 20.1 Å². The minimum Gasteiger partial charge on any atom is -0.358 e. The average molecular weight is 437 g/mol. The van der Waals surface area contributed by atoms with Gasteiger partial charge in [-0.05, 0) is 60.9 Å². The number of rotatable bonds is 9. The van der Waals surface area contributed by atoms with E-state index in [-0.39, 0.29) is 5.56 Å². The van der Waals surface area contributed by atoms with Crippen LogP contribution in [-0.4, -0.2) is 46.1 Å². The van der Waals surface area contributed by atoms with Crippen LogP contribution in [0.5, 0.6) is 0 Å². The molecule has 0 aliphatic heterocycles. The van der Waals surface area contributed by atoms with Crippen LogP contribution < -0.4 is 10.9 Å². The molecule has 5 nitrogen and oxygen atoms in total. The van der Waals surface area contributed by atoms with E-state index in [1.807, 2.05) is 37.3 Å². The number of aromatic nitrogens is 1. The minimum atomic E-state index is -0.0585. The van der Waals surface area contributed by atoms with Gasteiger partial charge in [0.15, 0.2) is 5.11 Å². The molecule has 3 rings (SSSR count). The van der Waals surface area contributed by atoms with Crippen molar-refractivity contribution in [3.63, 3.8) is 0 Å². The first-order valence-electron chi connectivity index (χ1n) is 10.9. The summed E-state index contributed by atoms with van der Waals surface area (Å²) >= 11 is 5.74. The number of hydrogen-bond donors (Lipinski definition) is 2. The van der Waals surface area contributed by atoms with Gasteiger partial charge in [0.2, 0.25) is 0 Å². The minimum absolute atomic E-state index is 0.0585. The van der Waals surface area contributed by atoms with Crippen molar-refractivity contribution < 1.29 is 0 Å². The maximum atomic E-state index is 12.8. The van der Waals surface area contributed by atoms with Gasteiger partial charge >= 0.3 is 0 Å². The number of hydrogen-bond acceptors (Lipinski definition) is 3. The van der Waals surface area contributed by atoms with Gasteiger partial charge in [0.25, 0.3) is 5.56 Å². The molecule has 0 saturated heterocycles. The lowest BCUT2D eigenvalue weighted by atomic mass is 10.1. The Hall–Kier alpha value is -2.70. The van der Waals surface area contributed by atoms with Gasteiger partial charge in [-0.1, -0.05) is 56.3 Å². The predicted molar refractivity (Wildman–Crippen MR) is 133 cm³/mol. The molecular formula is C25H32N4OS. The lowest BCUT2D eigenvalue weighted by Crippen LogP contribution is -2.44. The highest BCUT2D eigenvalue weighted by molar-refractivity contribution is 7.80. The molecule has 0 atom stereocenters. The average Bonchev–Trinajstić information content (AvgIpc) is 2.78. The predicted octanol–water partition coefficient (Wildman–Crippen LogP) is 4.06. The van der Waals surface area contributed by atoms with Crippen molar-refractivity contribution >= 4 is 28.2 Å². The molecule has 0 fully saturated rings. The van der Waals surface area contributed by atoms with Crippen molar-refractivity contribution in [2.24, 2.45) is 0 Å². The number of fused-ring (bicyclic) bond motifs is 1. The van der Waals surface area contributed by atoms with E-state index in [1.165, 1.54) is 5.56 Å². The molecule has 0 aliphatic rings. The summed E-state index contributed by atoms with van der Waals surface area (Å²) in [5.41, 5.74) is 3.83. The summed E-state index contributed by atoms with van der Waals surface area (Å²) < 4.78 is 0. The fraction of sp³-hybridized carbons (Fsp3) is 0.360. The Morgan fingerprint density at radius 1 is 1.03 bits per heavy atom. The number of H-pyrrole nitrogens is 1. The number of benzene rings is 2. The van der Waals surface area contributed by atoms with Gasteiger partial charge in [-0.15, -0.1) is 0 Å². The second kappa shape index (κ2) is 11.1. The second-order valence-electron chi connectivity index (χ2n) is 7.81. The molecule has 0 aliphatic carbocycles. The molecule has 0 radical (unpaired) electrons. The Morgan fingerprint density at radius 2 is 1.77 bits per heavy atom. The molecular weight excluding hydrogens is 404 g/mol. The maximum Gasteiger partial charge on any atom is 0.253 e. The zero-order chi connectivity index (χ0) is 22.2. The van der Waals surface area contributed by atoms with Crippen LogP contribution in [0, 0.1) is 6.92 Å². The summed E-state index contributed by atoms with van der Waals surface area (Å²) in [7, 11) is 0. The molecule has 0 amide bonds. The van der Waals surface area contributed by atoms with Gasteiger partial charge in [0, 0.05) is 30.7 Å². The summed E-state index contributed by atoms with van der Waals surface area (Å²) in [6.45, 7) is 11.1. The van der Waals surface area contributed by atoms with Gasteiger partial charge in [0.1, 0.15) is 0 Å². The molecule has 1 aromatic heterocycles. The number of likely N-dealkylation sites (N-methyl/N-ethyl adjacent to an activating group) is 1. The molecule has 1 heterocycles. The summed E-state index contributed by atoms with van der Waals surface area (Å²) in [5.74, 6) is 0. The first-order chi connectivity index (χ1) is 15.0. The van der Waals surface area contributed by atoms with Gasteiger partial charge < -0.3 is 20.1 Å². The Bertz CT molecular complexity index is 1060. The third-order valence-electron chi connectivity index (χ3n) is 5.59. The van der Waals surface area contributed by atoms with E-state index < -0.39 is 0 Å². The van der Waals surface area contributed by atoms with Gasteiger partial charge in [0.05, 0.1) is 6.54 Å². The highest BCUT2D eigenvalue weighted by Gasteiger charge is 2.14. The third kappa shape index (κ3) is 6.39. The molecule has 0 spiro atoms. The fourth-order valence-electron chi connectivity index (χ4n) is 3.62. The van der Waals surface area contributed by atoms with E-state index in [1.54, 1.807) is 0 Å². The number of pyridine rings is 1. The van der Waals surface area contributed by atoms with E-state index in [4.69, 9.17) is 12.2 Å².